The van der Waals surface area contributed by atoms with E-state index in [0.717, 1.165) is 17.7 Å². The van der Waals surface area contributed by atoms with E-state index in [1.54, 1.807) is 0 Å². The summed E-state index contributed by atoms with van der Waals surface area (Å²) in [7, 11) is 0. The molecule has 0 saturated carbocycles. The number of nitrogens with one attached hydrogen (secondary N) is 2. The molecule has 4 N–H and O–H groups in total. The normalized spacial score (nSPS) is 12.7. The van der Waals surface area contributed by atoms with Gasteiger partial charge < -0.3 is 16.4 Å². The Kier molecular flexibility index (Phi) is 10.3. The molecule has 1 aromatic rings. The first-order valence-corrected chi connectivity index (χ1v) is 7.84. The van der Waals surface area contributed by atoms with Gasteiger partial charge in [-0.25, -0.2) is 0 Å². The summed E-state index contributed by atoms with van der Waals surface area (Å²) >= 11 is 0. The number of halogens is 1. The van der Waals surface area contributed by atoms with E-state index in [2.05, 4.69) is 10.6 Å². The highest BCUT2D eigenvalue weighted by molar-refractivity contribution is 5.92. The first kappa shape index (κ1) is 21.4. The lowest BCUT2D eigenvalue weighted by Gasteiger charge is -2.11. The number of hydrogen-bond acceptors (Lipinski definition) is 3. The van der Waals surface area contributed by atoms with Crippen LogP contribution in [0.2, 0.25) is 0 Å². The van der Waals surface area contributed by atoms with Gasteiger partial charge in [-0.05, 0) is 37.5 Å². The van der Waals surface area contributed by atoms with Gasteiger partial charge in [0.05, 0.1) is 0 Å². The molecular weight excluding hydrogens is 314 g/mol. The average molecular weight is 342 g/mol. The fraction of sp³-hybridized carbons (Fsp3) is 0.529. The van der Waals surface area contributed by atoms with Gasteiger partial charge in [0.25, 0.3) is 0 Å². The number of anilines is 1. The van der Waals surface area contributed by atoms with Crippen LogP contribution in [0.15, 0.2) is 24.3 Å². The highest BCUT2D eigenvalue weighted by Crippen LogP contribution is 2.13. The van der Waals surface area contributed by atoms with Gasteiger partial charge in [0.15, 0.2) is 0 Å². The number of carbonyl (C=O) groups is 2. The van der Waals surface area contributed by atoms with E-state index in [4.69, 9.17) is 5.73 Å². The van der Waals surface area contributed by atoms with Gasteiger partial charge in [-0.1, -0.05) is 26.0 Å². The lowest BCUT2D eigenvalue weighted by molar-refractivity contribution is -0.121. The van der Waals surface area contributed by atoms with Gasteiger partial charge >= 0.3 is 0 Å². The molecule has 2 amide bonds. The second-order valence-electron chi connectivity index (χ2n) is 5.79. The maximum atomic E-state index is 11.9. The van der Waals surface area contributed by atoms with E-state index < -0.39 is 0 Å². The number of hydrogen-bond donors (Lipinski definition) is 3. The van der Waals surface area contributed by atoms with E-state index in [1.165, 1.54) is 0 Å². The molecule has 1 rings (SSSR count). The van der Waals surface area contributed by atoms with Crippen molar-refractivity contribution in [2.24, 2.45) is 11.7 Å². The first-order valence-electron chi connectivity index (χ1n) is 7.84. The van der Waals surface area contributed by atoms with Crippen LogP contribution in [0.5, 0.6) is 0 Å². The SMILES string of the molecule is CCC(C)C(=O)Nc1cccc(CNC(=O)CCC(C)N)c1.Cl. The summed E-state index contributed by atoms with van der Waals surface area (Å²) in [6, 6.07) is 7.55. The van der Waals surface area contributed by atoms with Gasteiger partial charge in [-0.2, -0.15) is 0 Å². The maximum absolute atomic E-state index is 11.9. The summed E-state index contributed by atoms with van der Waals surface area (Å²) in [4.78, 5) is 23.6. The van der Waals surface area contributed by atoms with Gasteiger partial charge in [-0.3, -0.25) is 9.59 Å². The van der Waals surface area contributed by atoms with Crippen LogP contribution in [0, 0.1) is 5.92 Å². The summed E-state index contributed by atoms with van der Waals surface area (Å²) in [5, 5.41) is 5.75. The molecule has 1 aromatic carbocycles. The summed E-state index contributed by atoms with van der Waals surface area (Å²) in [6.07, 6.45) is 1.92. The summed E-state index contributed by atoms with van der Waals surface area (Å²) < 4.78 is 0. The Bertz CT molecular complexity index is 506. The van der Waals surface area contributed by atoms with E-state index >= 15 is 0 Å². The fourth-order valence-corrected chi connectivity index (χ4v) is 1.86. The molecule has 0 aromatic heterocycles. The Labute approximate surface area is 144 Å². The van der Waals surface area contributed by atoms with Crippen LogP contribution in [-0.2, 0) is 16.1 Å². The van der Waals surface area contributed by atoms with Gasteiger partial charge in [0.1, 0.15) is 0 Å². The number of nitrogens with two attached hydrogens (primary N) is 1. The van der Waals surface area contributed by atoms with Crippen molar-refractivity contribution in [1.82, 2.24) is 5.32 Å². The molecule has 0 bridgehead atoms. The topological polar surface area (TPSA) is 84.2 Å². The highest BCUT2D eigenvalue weighted by Gasteiger charge is 2.10. The van der Waals surface area contributed by atoms with Crippen LogP contribution in [0.4, 0.5) is 5.69 Å². The predicted octanol–water partition coefficient (Wildman–Crippen LogP) is 2.84. The minimum atomic E-state index is -0.0124. The molecular formula is C17H28ClN3O2. The zero-order chi connectivity index (χ0) is 16.5. The van der Waals surface area contributed by atoms with Crippen molar-refractivity contribution in [3.05, 3.63) is 29.8 Å². The third kappa shape index (κ3) is 8.57. The third-order valence-corrected chi connectivity index (χ3v) is 3.57. The van der Waals surface area contributed by atoms with Crippen molar-refractivity contribution in [3.63, 3.8) is 0 Å². The van der Waals surface area contributed by atoms with Crippen LogP contribution < -0.4 is 16.4 Å². The lowest BCUT2D eigenvalue weighted by atomic mass is 10.1. The third-order valence-electron chi connectivity index (χ3n) is 3.57. The Hall–Kier alpha value is -1.59. The minimum absolute atomic E-state index is 0. The van der Waals surface area contributed by atoms with Crippen molar-refractivity contribution in [2.75, 3.05) is 5.32 Å². The zero-order valence-electron chi connectivity index (χ0n) is 14.1. The fourth-order valence-electron chi connectivity index (χ4n) is 1.86. The number of benzene rings is 1. The lowest BCUT2D eigenvalue weighted by Crippen LogP contribution is -2.25. The average Bonchev–Trinajstić information content (AvgIpc) is 2.50. The number of rotatable bonds is 8. The van der Waals surface area contributed by atoms with Crippen LogP contribution in [-0.4, -0.2) is 17.9 Å². The molecule has 0 radical (unpaired) electrons. The molecule has 0 fully saturated rings. The quantitative estimate of drug-likeness (QED) is 0.679. The molecule has 2 atom stereocenters. The zero-order valence-corrected chi connectivity index (χ0v) is 14.9. The summed E-state index contributed by atoms with van der Waals surface area (Å²) in [5.41, 5.74) is 7.34. The molecule has 0 saturated heterocycles. The molecule has 2 unspecified atom stereocenters. The van der Waals surface area contributed by atoms with Crippen molar-refractivity contribution in [1.29, 1.82) is 0 Å². The minimum Gasteiger partial charge on any atom is -0.352 e. The van der Waals surface area contributed by atoms with E-state index in [0.29, 0.717) is 19.4 Å². The largest absolute Gasteiger partial charge is 0.352 e. The molecule has 23 heavy (non-hydrogen) atoms. The second kappa shape index (κ2) is 11.0. The van der Waals surface area contributed by atoms with Crippen molar-refractivity contribution in [3.8, 4) is 0 Å². The van der Waals surface area contributed by atoms with Crippen LogP contribution in [0.3, 0.4) is 0 Å². The molecule has 0 aliphatic heterocycles. The Balaban J connectivity index is 0.00000484. The summed E-state index contributed by atoms with van der Waals surface area (Å²) in [5.74, 6) is -0.00595. The van der Waals surface area contributed by atoms with E-state index in [9.17, 15) is 9.59 Å². The van der Waals surface area contributed by atoms with Crippen LogP contribution in [0.25, 0.3) is 0 Å². The van der Waals surface area contributed by atoms with Crippen LogP contribution >= 0.6 is 12.4 Å². The molecule has 6 heteroatoms. The summed E-state index contributed by atoms with van der Waals surface area (Å²) in [6.45, 7) is 6.22. The highest BCUT2D eigenvalue weighted by atomic mass is 35.5. The predicted molar refractivity (Wildman–Crippen MR) is 96.5 cm³/mol. The monoisotopic (exact) mass is 341 g/mol. The smallest absolute Gasteiger partial charge is 0.227 e. The Morgan fingerprint density at radius 1 is 1.26 bits per heavy atom. The van der Waals surface area contributed by atoms with Crippen molar-refractivity contribution in [2.45, 2.75) is 52.6 Å². The second-order valence-corrected chi connectivity index (χ2v) is 5.79. The van der Waals surface area contributed by atoms with E-state index in [1.807, 2.05) is 45.0 Å². The Morgan fingerprint density at radius 2 is 1.96 bits per heavy atom. The molecule has 0 aliphatic rings. The number of carbonyl (C=O) groups excluding carboxylic acids is 2. The Morgan fingerprint density at radius 3 is 2.57 bits per heavy atom. The van der Waals surface area contributed by atoms with Crippen molar-refractivity contribution < 1.29 is 9.59 Å². The van der Waals surface area contributed by atoms with Gasteiger partial charge in [-0.15, -0.1) is 12.4 Å². The first-order chi connectivity index (χ1) is 10.4. The van der Waals surface area contributed by atoms with Crippen LogP contribution in [0.1, 0.15) is 45.6 Å². The van der Waals surface area contributed by atoms with Gasteiger partial charge in [0.2, 0.25) is 11.8 Å². The number of amides is 2. The standard InChI is InChI=1S/C17H27N3O2.ClH/c1-4-12(2)17(22)20-15-7-5-6-14(10-15)11-19-16(21)9-8-13(3)18;/h5-7,10,12-13H,4,8-9,11,18H2,1-3H3,(H,19,21)(H,20,22);1H. The van der Waals surface area contributed by atoms with Gasteiger partial charge in [0, 0.05) is 30.6 Å². The maximum Gasteiger partial charge on any atom is 0.227 e. The molecule has 5 nitrogen and oxygen atoms in total. The molecule has 0 spiro atoms. The molecule has 0 aliphatic carbocycles. The molecule has 130 valence electrons. The van der Waals surface area contributed by atoms with Crippen molar-refractivity contribution >= 4 is 29.9 Å². The molecule has 0 heterocycles. The van der Waals surface area contributed by atoms with E-state index in [-0.39, 0.29) is 36.2 Å².